The van der Waals surface area contributed by atoms with E-state index in [1.807, 2.05) is 54.6 Å². The first-order valence-corrected chi connectivity index (χ1v) is 9.32. The van der Waals surface area contributed by atoms with Crippen LogP contribution in [0.1, 0.15) is 21.5 Å². The van der Waals surface area contributed by atoms with E-state index < -0.39 is 11.9 Å². The van der Waals surface area contributed by atoms with Crippen molar-refractivity contribution >= 4 is 11.9 Å². The van der Waals surface area contributed by atoms with Crippen LogP contribution in [0.2, 0.25) is 0 Å². The van der Waals surface area contributed by atoms with Crippen molar-refractivity contribution in [1.82, 2.24) is 0 Å². The molecule has 30 heavy (non-hydrogen) atoms. The van der Waals surface area contributed by atoms with E-state index in [0.717, 1.165) is 11.1 Å². The first-order chi connectivity index (χ1) is 14.6. The van der Waals surface area contributed by atoms with Gasteiger partial charge in [-0.1, -0.05) is 48.5 Å². The topological polar surface area (TPSA) is 71.1 Å². The zero-order chi connectivity index (χ0) is 21.3. The monoisotopic (exact) mass is 406 g/mol. The number of carbonyl (C=O) groups is 2. The molecule has 0 fully saturated rings. The minimum absolute atomic E-state index is 0.191. The summed E-state index contributed by atoms with van der Waals surface area (Å²) in [5.41, 5.74) is 2.41. The van der Waals surface area contributed by atoms with Gasteiger partial charge in [-0.2, -0.15) is 0 Å². The lowest BCUT2D eigenvalue weighted by atomic mass is 10.0. The summed E-state index contributed by atoms with van der Waals surface area (Å²) < 4.78 is 20.9. The van der Waals surface area contributed by atoms with Crippen LogP contribution < -0.4 is 14.2 Å². The van der Waals surface area contributed by atoms with Crippen molar-refractivity contribution in [2.75, 3.05) is 20.8 Å². The molecule has 6 nitrogen and oxygen atoms in total. The Morgan fingerprint density at radius 1 is 0.800 bits per heavy atom. The van der Waals surface area contributed by atoms with Gasteiger partial charge < -0.3 is 18.9 Å². The largest absolute Gasteiger partial charge is 0.493 e. The molecule has 0 aromatic heterocycles. The minimum atomic E-state index is -0.589. The summed E-state index contributed by atoms with van der Waals surface area (Å²) >= 11 is 0. The molecule has 6 heteroatoms. The van der Waals surface area contributed by atoms with Gasteiger partial charge in [0.05, 0.1) is 19.8 Å². The van der Waals surface area contributed by atoms with Crippen LogP contribution >= 0.6 is 0 Å². The van der Waals surface area contributed by atoms with Crippen LogP contribution in [0.15, 0.2) is 72.8 Å². The SMILES string of the molecule is COC(=O)c1ccc(OC(=O)COc2ccccc2Cc2ccccc2)c(OC)c1. The van der Waals surface area contributed by atoms with Gasteiger partial charge in [0.15, 0.2) is 18.1 Å². The Balaban J connectivity index is 1.65. The van der Waals surface area contributed by atoms with E-state index in [1.165, 1.54) is 32.4 Å². The van der Waals surface area contributed by atoms with E-state index in [2.05, 4.69) is 4.74 Å². The van der Waals surface area contributed by atoms with Crippen LogP contribution in [0.25, 0.3) is 0 Å². The Bertz CT molecular complexity index is 1010. The van der Waals surface area contributed by atoms with Gasteiger partial charge in [-0.3, -0.25) is 0 Å². The Labute approximate surface area is 175 Å². The molecule has 0 aliphatic carbocycles. The highest BCUT2D eigenvalue weighted by atomic mass is 16.6. The van der Waals surface area contributed by atoms with Crippen molar-refractivity contribution in [3.63, 3.8) is 0 Å². The van der Waals surface area contributed by atoms with Crippen molar-refractivity contribution in [2.45, 2.75) is 6.42 Å². The molecule has 154 valence electrons. The Hall–Kier alpha value is -3.80. The molecule has 0 amide bonds. The maximum absolute atomic E-state index is 12.3. The number of benzene rings is 3. The quantitative estimate of drug-likeness (QED) is 0.415. The number of hydrogen-bond donors (Lipinski definition) is 0. The normalized spacial score (nSPS) is 10.2. The van der Waals surface area contributed by atoms with Crippen molar-refractivity contribution in [2.24, 2.45) is 0 Å². The fourth-order valence-corrected chi connectivity index (χ4v) is 2.89. The van der Waals surface area contributed by atoms with E-state index in [1.54, 1.807) is 0 Å². The molecule has 3 rings (SSSR count). The molecule has 0 spiro atoms. The number of hydrogen-bond acceptors (Lipinski definition) is 6. The number of para-hydroxylation sites is 1. The number of rotatable bonds is 8. The number of ether oxygens (including phenoxy) is 4. The second kappa shape index (κ2) is 10.1. The van der Waals surface area contributed by atoms with Gasteiger partial charge in [-0.05, 0) is 35.4 Å². The standard InChI is InChI=1S/C24H22O6/c1-27-22-15-19(24(26)28-2)12-13-21(22)30-23(25)16-29-20-11-7-6-10-18(20)14-17-8-4-3-5-9-17/h3-13,15H,14,16H2,1-2H3. The van der Waals surface area contributed by atoms with Crippen LogP contribution in [0.4, 0.5) is 0 Å². The number of carbonyl (C=O) groups excluding carboxylic acids is 2. The summed E-state index contributed by atoms with van der Waals surface area (Å²) in [5, 5.41) is 0. The van der Waals surface area contributed by atoms with Crippen LogP contribution in [-0.2, 0) is 16.0 Å². The molecule has 0 aliphatic heterocycles. The summed E-state index contributed by atoms with van der Waals surface area (Å²) in [7, 11) is 2.71. The molecule has 0 unspecified atom stereocenters. The van der Waals surface area contributed by atoms with E-state index >= 15 is 0 Å². The number of methoxy groups -OCH3 is 2. The van der Waals surface area contributed by atoms with Crippen molar-refractivity contribution < 1.29 is 28.5 Å². The molecule has 0 aliphatic rings. The summed E-state index contributed by atoms with van der Waals surface area (Å²) in [5.74, 6) is -0.0449. The molecule has 0 bridgehead atoms. The molecule has 3 aromatic carbocycles. The van der Waals surface area contributed by atoms with Gasteiger partial charge in [0, 0.05) is 6.42 Å². The Morgan fingerprint density at radius 2 is 1.53 bits per heavy atom. The van der Waals surface area contributed by atoms with Crippen LogP contribution in [0.3, 0.4) is 0 Å². The lowest BCUT2D eigenvalue weighted by molar-refractivity contribution is -0.136. The van der Waals surface area contributed by atoms with Crippen LogP contribution in [0.5, 0.6) is 17.2 Å². The number of esters is 2. The highest BCUT2D eigenvalue weighted by Crippen LogP contribution is 2.29. The van der Waals surface area contributed by atoms with Gasteiger partial charge in [0.2, 0.25) is 0 Å². The average molecular weight is 406 g/mol. The van der Waals surface area contributed by atoms with Crippen LogP contribution in [-0.4, -0.2) is 32.8 Å². The predicted molar refractivity (Wildman–Crippen MR) is 111 cm³/mol. The van der Waals surface area contributed by atoms with Crippen molar-refractivity contribution in [3.8, 4) is 17.2 Å². The highest BCUT2D eigenvalue weighted by Gasteiger charge is 2.15. The zero-order valence-corrected chi connectivity index (χ0v) is 16.8. The van der Waals surface area contributed by atoms with Gasteiger partial charge in [-0.25, -0.2) is 9.59 Å². The highest BCUT2D eigenvalue weighted by molar-refractivity contribution is 5.90. The first-order valence-electron chi connectivity index (χ1n) is 9.32. The van der Waals surface area contributed by atoms with Gasteiger partial charge >= 0.3 is 11.9 Å². The smallest absolute Gasteiger partial charge is 0.349 e. The lowest BCUT2D eigenvalue weighted by Crippen LogP contribution is -2.18. The third kappa shape index (κ3) is 5.38. The summed E-state index contributed by atoms with van der Waals surface area (Å²) in [6, 6.07) is 22.0. The zero-order valence-electron chi connectivity index (χ0n) is 16.8. The third-order valence-corrected chi connectivity index (χ3v) is 4.36. The fraction of sp³-hybridized carbons (Fsp3) is 0.167. The molecule has 0 radical (unpaired) electrons. The Kier molecular flexibility index (Phi) is 7.05. The Morgan fingerprint density at radius 3 is 2.27 bits per heavy atom. The molecular formula is C24H22O6. The molecule has 0 heterocycles. The minimum Gasteiger partial charge on any atom is -0.493 e. The average Bonchev–Trinajstić information content (AvgIpc) is 2.79. The van der Waals surface area contributed by atoms with Gasteiger partial charge in [0.25, 0.3) is 0 Å². The van der Waals surface area contributed by atoms with Gasteiger partial charge in [0.1, 0.15) is 5.75 Å². The summed E-state index contributed by atoms with van der Waals surface area (Å²) in [6.45, 7) is -0.270. The molecule has 0 atom stereocenters. The fourth-order valence-electron chi connectivity index (χ4n) is 2.89. The van der Waals surface area contributed by atoms with E-state index in [4.69, 9.17) is 14.2 Å². The second-order valence-corrected chi connectivity index (χ2v) is 6.39. The maximum atomic E-state index is 12.3. The van der Waals surface area contributed by atoms with Crippen molar-refractivity contribution in [1.29, 1.82) is 0 Å². The second-order valence-electron chi connectivity index (χ2n) is 6.39. The molecule has 3 aromatic rings. The molecule has 0 saturated carbocycles. The summed E-state index contributed by atoms with van der Waals surface area (Å²) in [6.07, 6.45) is 0.689. The predicted octanol–water partition coefficient (Wildman–Crippen LogP) is 4.06. The van der Waals surface area contributed by atoms with Gasteiger partial charge in [-0.15, -0.1) is 0 Å². The first kappa shape index (κ1) is 20.9. The molecular weight excluding hydrogens is 384 g/mol. The van der Waals surface area contributed by atoms with Crippen molar-refractivity contribution in [3.05, 3.63) is 89.5 Å². The van der Waals surface area contributed by atoms with Crippen LogP contribution in [0, 0.1) is 0 Å². The maximum Gasteiger partial charge on any atom is 0.349 e. The lowest BCUT2D eigenvalue weighted by Gasteiger charge is -2.13. The summed E-state index contributed by atoms with van der Waals surface area (Å²) in [4.78, 5) is 23.9. The van der Waals surface area contributed by atoms with E-state index in [0.29, 0.717) is 17.7 Å². The third-order valence-electron chi connectivity index (χ3n) is 4.36. The van der Waals surface area contributed by atoms with E-state index in [9.17, 15) is 9.59 Å². The molecule has 0 saturated heterocycles. The molecule has 0 N–H and O–H groups in total. The van der Waals surface area contributed by atoms with E-state index in [-0.39, 0.29) is 18.1 Å².